The van der Waals surface area contributed by atoms with Gasteiger partial charge in [0.1, 0.15) is 0 Å². The van der Waals surface area contributed by atoms with Crippen LogP contribution < -0.4 is 0 Å². The van der Waals surface area contributed by atoms with Crippen molar-refractivity contribution in [2.45, 2.75) is 503 Å². The molecule has 1 spiro atoms. The molecule has 802 valence electrons. The number of hydrogen-bond acceptors (Lipinski definition) is 0. The third-order valence-corrected chi connectivity index (χ3v) is 34.5. The summed E-state index contributed by atoms with van der Waals surface area (Å²) in [5.41, 5.74) is -9.41. The van der Waals surface area contributed by atoms with E-state index in [0.29, 0.717) is 82.9 Å². The summed E-state index contributed by atoms with van der Waals surface area (Å²) in [7, 11) is 0. The lowest BCUT2D eigenvalue weighted by atomic mass is 9.56. The molecule has 0 saturated heterocycles. The van der Waals surface area contributed by atoms with Crippen LogP contribution in [0, 0.1) is 153 Å². The molecule has 3 unspecified atom stereocenters. The lowest BCUT2D eigenvalue weighted by Gasteiger charge is -2.49. The van der Waals surface area contributed by atoms with E-state index < -0.39 is 145 Å². The highest BCUT2D eigenvalue weighted by Crippen LogP contribution is 2.66. The highest BCUT2D eigenvalue weighted by Gasteiger charge is 2.74. The fourth-order valence-corrected chi connectivity index (χ4v) is 19.7. The van der Waals surface area contributed by atoms with Gasteiger partial charge in [-0.15, -0.1) is 0 Å². The van der Waals surface area contributed by atoms with E-state index in [1.54, 1.807) is 20.8 Å². The van der Waals surface area contributed by atoms with E-state index in [4.69, 9.17) is 0 Å². The molecule has 10 fully saturated rings. The molecular weight excluding hydrogens is 1810 g/mol. The summed E-state index contributed by atoms with van der Waals surface area (Å²) in [5, 5.41) is 0. The summed E-state index contributed by atoms with van der Waals surface area (Å²) >= 11 is 0. The van der Waals surface area contributed by atoms with Crippen LogP contribution in [-0.4, -0.2) is 61.8 Å². The highest BCUT2D eigenvalue weighted by atomic mass is 19.5. The summed E-state index contributed by atoms with van der Waals surface area (Å²) < 4.78 is 376. The van der Waals surface area contributed by atoms with E-state index in [1.165, 1.54) is 46.0 Å². The SMILES string of the molecule is CC(C)(C)C.CC(C)(C)C(C)(C)C(C)(C)C.CC(C)C(C)(C)C(C)(C)C.CC1CCC(C(F)(F)F)(C(F)(F)F)CC1.CC1CCC(C(F)(F)F)CC1.CC1CCC2(CC1)CCC(C(F)(F)F)(C(F)(F)F)CC2.CC1CCCC(C(F)(F)F)[C@@H]1C.C[C@@H]1CCCC(C(F)(F)F)C1.C[C@@H]1CCCCC1(C(F)(F)F)C(F)(F)F.C[C@H](C(C)(C)C)C(C)(C)C(F)(F)F.C[C@H]1CC2CCC1(C)CC2. The van der Waals surface area contributed by atoms with Crippen molar-refractivity contribution < 1.29 is 132 Å². The quantitative estimate of drug-likeness (QED) is 0.242. The van der Waals surface area contributed by atoms with Crippen molar-refractivity contribution in [3.8, 4) is 0 Å². The van der Waals surface area contributed by atoms with Gasteiger partial charge in [-0.25, -0.2) is 0 Å². The Hall–Kier alpha value is -2.10. The van der Waals surface area contributed by atoms with Gasteiger partial charge in [0.15, 0.2) is 16.2 Å². The smallest absolute Gasteiger partial charge is 0.171 e. The molecule has 0 aromatic heterocycles. The van der Waals surface area contributed by atoms with Crippen LogP contribution >= 0.6 is 0 Å². The Labute approximate surface area is 784 Å². The zero-order valence-electron chi connectivity index (χ0n) is 87.5. The monoisotopic (exact) mass is 1990 g/mol. The van der Waals surface area contributed by atoms with Crippen molar-refractivity contribution >= 4 is 0 Å². The van der Waals surface area contributed by atoms with Crippen molar-refractivity contribution in [1.29, 1.82) is 0 Å². The molecule has 10 aliphatic carbocycles. The van der Waals surface area contributed by atoms with Gasteiger partial charge in [-0.3, -0.25) is 0 Å². The van der Waals surface area contributed by atoms with Crippen LogP contribution in [0.3, 0.4) is 0 Å². The van der Waals surface area contributed by atoms with Crippen molar-refractivity contribution in [2.24, 2.45) is 153 Å². The standard InChI is InChI=1S/C14H20F6.C11H24.C10H19F3.C10H18.C10H22.2C9H12F6.C9H15F3.2C8H13F3.C5H12/c1-10-2-4-11(5-3-10)6-8-12(9-7-11,13(15,16)17)14(18,19)20;1-9(2,3)11(7,8)10(4,5)6;1-7(8(2,3)4)9(5,6)10(11,12)13;1-8-7-9-3-5-10(8,2)6-4-9;1-8(2)10(6,7)9(3,4)5;1-6-2-4-7(5-3-6,8(10,11)12)9(13,14)15;1-6-4-2-3-5-7(6,8(10,11)12)9(13,14)15;1-6-4-3-5-8(7(6)2)9(10,11)12;1-6-2-4-7(5-3-6)8(9,10)11;1-6-3-2-4-7(5-6)8(9,10)11;1-5(2,3)4/h10H,2-9H2,1H3;1-8H3;7H,1-6H3;8-9H,3-7H2,1-2H3;8H,1-7H3;2*6H,2-5H2,1H3;6-8H,3-5H2,1-2H3;2*6-7H,2-5H2,1H3;1-4H3/t;;7-;8-,9?,10?;;;6-;6?,7-,8?;;6-,7?;/m..10..11.1./s1. The van der Waals surface area contributed by atoms with E-state index in [1.807, 2.05) is 41.5 Å². The lowest BCUT2D eigenvalue weighted by molar-refractivity contribution is -0.364. The molecule has 10 saturated carbocycles. The van der Waals surface area contributed by atoms with Gasteiger partial charge in [-0.2, -0.15) is 132 Å². The fraction of sp³-hybridized carbons (Fsp3) is 1.00. The molecule has 0 nitrogen and oxygen atoms in total. The molecule has 0 aliphatic heterocycles. The molecule has 10 aliphatic rings. The fourth-order valence-electron chi connectivity index (χ4n) is 19.7. The Bertz CT molecular complexity index is 3100. The van der Waals surface area contributed by atoms with Crippen LogP contribution in [0.5, 0.6) is 0 Å². The molecule has 0 aromatic rings. The molecule has 0 N–H and O–H groups in total. The van der Waals surface area contributed by atoms with Crippen LogP contribution in [0.15, 0.2) is 0 Å². The molecule has 0 aromatic carbocycles. The molecule has 10 rings (SSSR count). The Morgan fingerprint density at radius 3 is 0.865 bits per heavy atom. The second kappa shape index (κ2) is 49.0. The Balaban J connectivity index is 0. The maximum absolute atomic E-state index is 13.0. The summed E-state index contributed by atoms with van der Waals surface area (Å²) in [6.07, 6.45) is -33.2. The predicted octanol–water partition coefficient (Wildman–Crippen LogP) is 42.2. The molecule has 8 atom stereocenters. The molecule has 0 amide bonds. The van der Waals surface area contributed by atoms with E-state index >= 15 is 0 Å². The first kappa shape index (κ1) is 133. The van der Waals surface area contributed by atoms with Gasteiger partial charge in [-0.05, 0) is 255 Å². The highest BCUT2D eigenvalue weighted by molar-refractivity contribution is 5.04. The van der Waals surface area contributed by atoms with Gasteiger partial charge in [0.05, 0.1) is 23.2 Å². The Morgan fingerprint density at radius 2 is 0.632 bits per heavy atom. The van der Waals surface area contributed by atoms with Crippen molar-refractivity contribution in [3.05, 3.63) is 0 Å². The number of hydrogen-bond donors (Lipinski definition) is 0. The zero-order valence-corrected chi connectivity index (χ0v) is 87.5. The first-order chi connectivity index (χ1) is 58.5. The van der Waals surface area contributed by atoms with Gasteiger partial charge >= 0.3 is 61.8 Å². The minimum atomic E-state index is -5.20. The van der Waals surface area contributed by atoms with E-state index in [9.17, 15) is 132 Å². The minimum Gasteiger partial charge on any atom is -0.171 e. The average Bonchev–Trinajstić information content (AvgIpc) is 0.740. The molecule has 2 bridgehead atoms. The van der Waals surface area contributed by atoms with Crippen LogP contribution in [0.1, 0.15) is 441 Å². The second-order valence-corrected chi connectivity index (χ2v) is 50.4. The first-order valence-corrected chi connectivity index (χ1v) is 49.1. The molecular formula is C103H180F30. The summed E-state index contributed by atoms with van der Waals surface area (Å²) in [6.45, 7) is 70.6. The van der Waals surface area contributed by atoms with Crippen molar-refractivity contribution in [1.82, 2.24) is 0 Å². The van der Waals surface area contributed by atoms with Crippen LogP contribution in [0.4, 0.5) is 132 Å². The maximum atomic E-state index is 13.0. The summed E-state index contributed by atoms with van der Waals surface area (Å²) in [6, 6.07) is 0. The lowest BCUT2D eigenvalue weighted by Crippen LogP contribution is -2.55. The summed E-state index contributed by atoms with van der Waals surface area (Å²) in [5.74, 6) is -0.727. The summed E-state index contributed by atoms with van der Waals surface area (Å²) in [4.78, 5) is 0. The Morgan fingerprint density at radius 1 is 0.278 bits per heavy atom. The Kier molecular flexibility index (Phi) is 49.0. The molecule has 133 heavy (non-hydrogen) atoms. The first-order valence-electron chi connectivity index (χ1n) is 49.1. The predicted molar refractivity (Wildman–Crippen MR) is 482 cm³/mol. The molecule has 0 heterocycles. The largest absolute Gasteiger partial charge is 0.403 e. The number of fused-ring (bicyclic) bond motifs is 3. The van der Waals surface area contributed by atoms with Crippen molar-refractivity contribution in [3.63, 3.8) is 0 Å². The van der Waals surface area contributed by atoms with Gasteiger partial charge in [0, 0.05) is 0 Å². The third kappa shape index (κ3) is 39.5. The molecule has 30 heteroatoms. The zero-order chi connectivity index (χ0) is 106. The third-order valence-electron chi connectivity index (χ3n) is 34.5. The minimum absolute atomic E-state index is 0.0106. The van der Waals surface area contributed by atoms with Gasteiger partial charge in [0.25, 0.3) is 0 Å². The van der Waals surface area contributed by atoms with E-state index in [-0.39, 0.29) is 73.0 Å². The number of alkyl halides is 30. The van der Waals surface area contributed by atoms with E-state index in [2.05, 4.69) is 152 Å². The number of rotatable bonds is 2. The second-order valence-electron chi connectivity index (χ2n) is 50.4. The van der Waals surface area contributed by atoms with E-state index in [0.717, 1.165) is 94.3 Å². The van der Waals surface area contributed by atoms with Crippen LogP contribution in [0.25, 0.3) is 0 Å². The van der Waals surface area contributed by atoms with Gasteiger partial charge in [0.2, 0.25) is 0 Å². The van der Waals surface area contributed by atoms with Crippen molar-refractivity contribution in [2.75, 3.05) is 0 Å². The topological polar surface area (TPSA) is 0 Å². The van der Waals surface area contributed by atoms with Crippen LogP contribution in [-0.2, 0) is 0 Å². The van der Waals surface area contributed by atoms with Crippen LogP contribution in [0.2, 0.25) is 0 Å². The normalized spacial score (nSPS) is 27.6. The molecule has 0 radical (unpaired) electrons. The average molecular weight is 1990 g/mol. The number of halogens is 30. The van der Waals surface area contributed by atoms with Gasteiger partial charge < -0.3 is 0 Å². The van der Waals surface area contributed by atoms with Gasteiger partial charge in [-0.1, -0.05) is 300 Å². The maximum Gasteiger partial charge on any atom is 0.403 e.